The van der Waals surface area contributed by atoms with E-state index in [2.05, 4.69) is 45.1 Å². The summed E-state index contributed by atoms with van der Waals surface area (Å²) in [5, 5.41) is 0. The average Bonchev–Trinajstić information content (AvgIpc) is 2.81. The molecule has 2 aliphatic rings. The summed E-state index contributed by atoms with van der Waals surface area (Å²) in [6, 6.07) is 17.2. The van der Waals surface area contributed by atoms with E-state index in [1.54, 1.807) is 7.11 Å². The lowest BCUT2D eigenvalue weighted by atomic mass is 9.88. The quantitative estimate of drug-likeness (QED) is 0.581. The molecule has 0 atom stereocenters. The number of hydrogen-bond donors (Lipinski definition) is 0. The van der Waals surface area contributed by atoms with Gasteiger partial charge in [0, 0.05) is 29.2 Å². The molecule has 2 aliphatic heterocycles. The lowest BCUT2D eigenvalue weighted by Gasteiger charge is -2.42. The first-order valence-corrected chi connectivity index (χ1v) is 12.3. The van der Waals surface area contributed by atoms with Crippen LogP contribution >= 0.6 is 15.9 Å². The Hall–Kier alpha value is -1.85. The van der Waals surface area contributed by atoms with Crippen LogP contribution in [-0.4, -0.2) is 55.0 Å². The lowest BCUT2D eigenvalue weighted by molar-refractivity contribution is -0.132. The van der Waals surface area contributed by atoms with E-state index >= 15 is 0 Å². The first-order valence-electron chi connectivity index (χ1n) is 11.5. The number of piperidine rings is 2. The van der Waals surface area contributed by atoms with Crippen molar-refractivity contribution in [2.45, 2.75) is 44.6 Å². The first-order chi connectivity index (χ1) is 15.1. The Labute approximate surface area is 194 Å². The molecule has 0 N–H and O–H groups in total. The standard InChI is InChI=1S/C26H33BrN2O2/c1-31-25-5-3-2-4-22(25)19-26(30)29-16-12-24(13-17-29)28-14-10-21(11-15-28)18-20-6-8-23(27)9-7-20/h2-9,21,24H,10-19H2,1H3. The highest BCUT2D eigenvalue weighted by molar-refractivity contribution is 9.10. The summed E-state index contributed by atoms with van der Waals surface area (Å²) in [6.07, 6.45) is 6.36. The summed E-state index contributed by atoms with van der Waals surface area (Å²) >= 11 is 3.52. The maximum atomic E-state index is 12.8. The summed E-state index contributed by atoms with van der Waals surface area (Å²) in [6.45, 7) is 4.14. The molecule has 0 saturated carbocycles. The zero-order valence-corrected chi connectivity index (χ0v) is 20.0. The predicted octanol–water partition coefficient (Wildman–Crippen LogP) is 4.95. The van der Waals surface area contributed by atoms with Crippen LogP contribution < -0.4 is 4.74 Å². The van der Waals surface area contributed by atoms with Crippen LogP contribution in [0.25, 0.3) is 0 Å². The molecule has 2 fully saturated rings. The van der Waals surface area contributed by atoms with Crippen molar-refractivity contribution < 1.29 is 9.53 Å². The Bertz CT molecular complexity index is 854. The molecular weight excluding hydrogens is 452 g/mol. The van der Waals surface area contributed by atoms with Gasteiger partial charge in [-0.1, -0.05) is 46.3 Å². The Morgan fingerprint density at radius 2 is 1.65 bits per heavy atom. The van der Waals surface area contributed by atoms with Gasteiger partial charge in [-0.15, -0.1) is 0 Å². The number of ether oxygens (including phenoxy) is 1. The number of likely N-dealkylation sites (tertiary alicyclic amines) is 2. The maximum absolute atomic E-state index is 12.8. The van der Waals surface area contributed by atoms with Gasteiger partial charge in [0.25, 0.3) is 0 Å². The predicted molar refractivity (Wildman–Crippen MR) is 128 cm³/mol. The third kappa shape index (κ3) is 5.89. The van der Waals surface area contributed by atoms with Crippen molar-refractivity contribution in [1.29, 1.82) is 0 Å². The van der Waals surface area contributed by atoms with Gasteiger partial charge in [0.15, 0.2) is 0 Å². The fourth-order valence-electron chi connectivity index (χ4n) is 5.08. The van der Waals surface area contributed by atoms with Gasteiger partial charge >= 0.3 is 0 Å². The zero-order chi connectivity index (χ0) is 21.6. The molecular formula is C26H33BrN2O2. The van der Waals surface area contributed by atoms with Crippen LogP contribution in [-0.2, 0) is 17.6 Å². The van der Waals surface area contributed by atoms with Gasteiger partial charge < -0.3 is 14.5 Å². The second-order valence-corrected chi connectivity index (χ2v) is 9.83. The van der Waals surface area contributed by atoms with Crippen molar-refractivity contribution in [3.63, 3.8) is 0 Å². The lowest BCUT2D eigenvalue weighted by Crippen LogP contribution is -2.49. The second-order valence-electron chi connectivity index (χ2n) is 8.91. The normalized spacial score (nSPS) is 18.8. The van der Waals surface area contributed by atoms with Gasteiger partial charge in [-0.3, -0.25) is 4.79 Å². The molecule has 0 aliphatic carbocycles. The largest absolute Gasteiger partial charge is 0.496 e. The average molecular weight is 485 g/mol. The molecule has 0 bridgehead atoms. The number of hydrogen-bond acceptors (Lipinski definition) is 3. The summed E-state index contributed by atoms with van der Waals surface area (Å²) in [5.74, 6) is 1.81. The van der Waals surface area contributed by atoms with E-state index in [9.17, 15) is 4.79 Å². The van der Waals surface area contributed by atoms with Crippen LogP contribution in [0.3, 0.4) is 0 Å². The number of rotatable bonds is 6. The molecule has 2 saturated heterocycles. The zero-order valence-electron chi connectivity index (χ0n) is 18.4. The van der Waals surface area contributed by atoms with E-state index in [-0.39, 0.29) is 5.91 Å². The topological polar surface area (TPSA) is 32.8 Å². The van der Waals surface area contributed by atoms with Gasteiger partial charge in [0.05, 0.1) is 13.5 Å². The maximum Gasteiger partial charge on any atom is 0.227 e. The molecule has 4 rings (SSSR count). The van der Waals surface area contributed by atoms with Crippen LogP contribution in [0.2, 0.25) is 0 Å². The number of halogens is 1. The fourth-order valence-corrected chi connectivity index (χ4v) is 5.34. The highest BCUT2D eigenvalue weighted by atomic mass is 79.9. The molecule has 0 unspecified atom stereocenters. The summed E-state index contributed by atoms with van der Waals surface area (Å²) in [7, 11) is 1.66. The van der Waals surface area contributed by atoms with E-state index in [1.807, 2.05) is 29.2 Å². The van der Waals surface area contributed by atoms with Gasteiger partial charge in [-0.05, 0) is 74.9 Å². The van der Waals surface area contributed by atoms with Gasteiger partial charge in [0.2, 0.25) is 5.91 Å². The molecule has 0 aromatic heterocycles. The molecule has 4 nitrogen and oxygen atoms in total. The number of benzene rings is 2. The van der Waals surface area contributed by atoms with Gasteiger partial charge in [-0.2, -0.15) is 0 Å². The third-order valence-corrected chi connectivity index (χ3v) is 7.48. The molecule has 2 aromatic rings. The Morgan fingerprint density at radius 1 is 0.968 bits per heavy atom. The molecule has 1 amide bonds. The summed E-state index contributed by atoms with van der Waals surface area (Å²) in [5.41, 5.74) is 2.42. The molecule has 2 aromatic carbocycles. The van der Waals surface area contributed by atoms with E-state index in [0.29, 0.717) is 12.5 Å². The minimum Gasteiger partial charge on any atom is -0.496 e. The molecule has 5 heteroatoms. The smallest absolute Gasteiger partial charge is 0.227 e. The van der Waals surface area contributed by atoms with Crippen molar-refractivity contribution in [3.8, 4) is 5.75 Å². The Kier molecular flexibility index (Phi) is 7.67. The molecule has 2 heterocycles. The highest BCUT2D eigenvalue weighted by Gasteiger charge is 2.29. The Balaban J connectivity index is 1.21. The minimum atomic E-state index is 0.219. The van der Waals surface area contributed by atoms with Crippen LogP contribution in [0.5, 0.6) is 5.75 Å². The number of amides is 1. The van der Waals surface area contributed by atoms with Crippen molar-refractivity contribution in [2.24, 2.45) is 5.92 Å². The van der Waals surface area contributed by atoms with E-state index < -0.39 is 0 Å². The minimum absolute atomic E-state index is 0.219. The number of para-hydroxylation sites is 1. The Morgan fingerprint density at radius 3 is 2.32 bits per heavy atom. The van der Waals surface area contributed by atoms with Crippen molar-refractivity contribution in [3.05, 3.63) is 64.1 Å². The third-order valence-electron chi connectivity index (χ3n) is 6.95. The molecule has 0 spiro atoms. The van der Waals surface area contributed by atoms with Crippen LogP contribution in [0, 0.1) is 5.92 Å². The number of nitrogens with zero attached hydrogens (tertiary/aromatic N) is 2. The van der Waals surface area contributed by atoms with Crippen LogP contribution in [0.15, 0.2) is 53.0 Å². The number of carbonyl (C=O) groups is 1. The van der Waals surface area contributed by atoms with E-state index in [0.717, 1.165) is 47.6 Å². The fraction of sp³-hybridized carbons (Fsp3) is 0.500. The molecule has 0 radical (unpaired) electrons. The van der Waals surface area contributed by atoms with Crippen LogP contribution in [0.1, 0.15) is 36.8 Å². The van der Waals surface area contributed by atoms with Gasteiger partial charge in [0.1, 0.15) is 5.75 Å². The van der Waals surface area contributed by atoms with Crippen LogP contribution in [0.4, 0.5) is 0 Å². The molecule has 166 valence electrons. The van der Waals surface area contributed by atoms with Crippen molar-refractivity contribution in [1.82, 2.24) is 9.80 Å². The number of methoxy groups -OCH3 is 1. The summed E-state index contributed by atoms with van der Waals surface area (Å²) in [4.78, 5) is 17.5. The number of carbonyl (C=O) groups excluding carboxylic acids is 1. The van der Waals surface area contributed by atoms with E-state index in [1.165, 1.54) is 37.9 Å². The second kappa shape index (κ2) is 10.6. The van der Waals surface area contributed by atoms with Crippen molar-refractivity contribution in [2.75, 3.05) is 33.3 Å². The molecule has 31 heavy (non-hydrogen) atoms. The first kappa shape index (κ1) is 22.3. The monoisotopic (exact) mass is 484 g/mol. The van der Waals surface area contributed by atoms with Gasteiger partial charge in [-0.25, -0.2) is 0 Å². The SMILES string of the molecule is COc1ccccc1CC(=O)N1CCC(N2CCC(Cc3ccc(Br)cc3)CC2)CC1. The van der Waals surface area contributed by atoms with E-state index in [4.69, 9.17) is 4.74 Å². The summed E-state index contributed by atoms with van der Waals surface area (Å²) < 4.78 is 6.55. The van der Waals surface area contributed by atoms with Crippen molar-refractivity contribution >= 4 is 21.8 Å². The highest BCUT2D eigenvalue weighted by Crippen LogP contribution is 2.27.